The molecule has 0 spiro atoms. The molecule has 0 radical (unpaired) electrons. The molecule has 21 heavy (non-hydrogen) atoms. The maximum atomic E-state index is 11.8. The normalized spacial score (nSPS) is 21.5. The minimum absolute atomic E-state index is 0.329. The number of nitrogens with one attached hydrogen (secondary N) is 1. The average molecular weight is 287 g/mol. The van der Waals surface area contributed by atoms with Gasteiger partial charge in [0.1, 0.15) is 0 Å². The van der Waals surface area contributed by atoms with Gasteiger partial charge in [-0.15, -0.1) is 0 Å². The predicted octanol–water partition coefficient (Wildman–Crippen LogP) is 2.06. The Kier molecular flexibility index (Phi) is 4.15. The van der Waals surface area contributed by atoms with Gasteiger partial charge in [0.15, 0.2) is 0 Å². The topological polar surface area (TPSA) is 58.4 Å². The van der Waals surface area contributed by atoms with E-state index in [9.17, 15) is 4.79 Å². The SMILES string of the molecule is Cc1ccc(C(N)=O)c(N(CC2CC2)CC2CCCN2)c1. The van der Waals surface area contributed by atoms with Crippen LogP contribution in [0.2, 0.25) is 0 Å². The van der Waals surface area contributed by atoms with Crippen LogP contribution >= 0.6 is 0 Å². The van der Waals surface area contributed by atoms with Crippen LogP contribution in [0.25, 0.3) is 0 Å². The van der Waals surface area contributed by atoms with Gasteiger partial charge >= 0.3 is 0 Å². The van der Waals surface area contributed by atoms with Crippen LogP contribution < -0.4 is 16.0 Å². The standard InChI is InChI=1S/C17H25N3O/c1-12-4-7-15(17(18)21)16(9-12)20(10-13-5-6-13)11-14-3-2-8-19-14/h4,7,9,13-14,19H,2-3,5-6,8,10-11H2,1H3,(H2,18,21). The van der Waals surface area contributed by atoms with Crippen molar-refractivity contribution in [3.05, 3.63) is 29.3 Å². The Hall–Kier alpha value is -1.55. The third-order valence-corrected chi connectivity index (χ3v) is 4.54. The van der Waals surface area contributed by atoms with Crippen molar-refractivity contribution >= 4 is 11.6 Å². The monoisotopic (exact) mass is 287 g/mol. The molecule has 3 rings (SSSR count). The second-order valence-corrected chi connectivity index (χ2v) is 6.53. The van der Waals surface area contributed by atoms with Gasteiger partial charge in [0, 0.05) is 24.8 Å². The van der Waals surface area contributed by atoms with E-state index in [1.54, 1.807) is 0 Å². The summed E-state index contributed by atoms with van der Waals surface area (Å²) in [4.78, 5) is 14.1. The molecule has 1 amide bonds. The summed E-state index contributed by atoms with van der Waals surface area (Å²) >= 11 is 0. The minimum Gasteiger partial charge on any atom is -0.369 e. The molecule has 1 unspecified atom stereocenters. The van der Waals surface area contributed by atoms with Crippen LogP contribution in [0.3, 0.4) is 0 Å². The number of primary amides is 1. The van der Waals surface area contributed by atoms with Crippen molar-refractivity contribution in [1.29, 1.82) is 0 Å². The first-order valence-electron chi connectivity index (χ1n) is 8.02. The zero-order chi connectivity index (χ0) is 14.8. The van der Waals surface area contributed by atoms with E-state index in [4.69, 9.17) is 5.73 Å². The van der Waals surface area contributed by atoms with E-state index >= 15 is 0 Å². The Morgan fingerprint density at radius 2 is 2.14 bits per heavy atom. The van der Waals surface area contributed by atoms with Crippen molar-refractivity contribution in [3.63, 3.8) is 0 Å². The number of aryl methyl sites for hydroxylation is 1. The first kappa shape index (κ1) is 14.4. The molecule has 114 valence electrons. The van der Waals surface area contributed by atoms with Crippen molar-refractivity contribution in [1.82, 2.24) is 5.32 Å². The number of carbonyl (C=O) groups excluding carboxylic acids is 1. The molecule has 2 fully saturated rings. The summed E-state index contributed by atoms with van der Waals surface area (Å²) in [6, 6.07) is 6.48. The maximum absolute atomic E-state index is 11.8. The van der Waals surface area contributed by atoms with Gasteiger partial charge in [0.05, 0.1) is 5.56 Å². The van der Waals surface area contributed by atoms with Crippen LogP contribution in [0.15, 0.2) is 18.2 Å². The van der Waals surface area contributed by atoms with Crippen LogP contribution in [0, 0.1) is 12.8 Å². The number of rotatable bonds is 6. The van der Waals surface area contributed by atoms with E-state index in [-0.39, 0.29) is 5.91 Å². The number of benzene rings is 1. The van der Waals surface area contributed by atoms with E-state index in [1.807, 2.05) is 12.1 Å². The van der Waals surface area contributed by atoms with E-state index < -0.39 is 0 Å². The Balaban J connectivity index is 1.86. The molecule has 1 aliphatic carbocycles. The van der Waals surface area contributed by atoms with Gasteiger partial charge in [0.2, 0.25) is 0 Å². The molecule has 1 atom stereocenters. The van der Waals surface area contributed by atoms with E-state index in [2.05, 4.69) is 23.2 Å². The minimum atomic E-state index is -0.329. The second kappa shape index (κ2) is 6.06. The lowest BCUT2D eigenvalue weighted by Gasteiger charge is -2.29. The Morgan fingerprint density at radius 1 is 1.33 bits per heavy atom. The molecule has 0 aromatic heterocycles. The number of nitrogens with zero attached hydrogens (tertiary/aromatic N) is 1. The first-order chi connectivity index (χ1) is 10.1. The third-order valence-electron chi connectivity index (χ3n) is 4.54. The van der Waals surface area contributed by atoms with Crippen LogP contribution in [-0.4, -0.2) is 31.6 Å². The first-order valence-corrected chi connectivity index (χ1v) is 8.02. The Bertz CT molecular complexity index is 519. The maximum Gasteiger partial charge on any atom is 0.250 e. The fourth-order valence-electron chi connectivity index (χ4n) is 3.17. The van der Waals surface area contributed by atoms with Crippen molar-refractivity contribution < 1.29 is 4.79 Å². The number of anilines is 1. The number of carbonyl (C=O) groups is 1. The molecule has 1 aromatic carbocycles. The van der Waals surface area contributed by atoms with Crippen molar-refractivity contribution in [2.24, 2.45) is 11.7 Å². The van der Waals surface area contributed by atoms with Crippen LogP contribution in [-0.2, 0) is 0 Å². The Morgan fingerprint density at radius 3 is 2.76 bits per heavy atom. The summed E-state index contributed by atoms with van der Waals surface area (Å²) in [7, 11) is 0. The highest BCUT2D eigenvalue weighted by Gasteiger charge is 2.28. The summed E-state index contributed by atoms with van der Waals surface area (Å²) in [5.41, 5.74) is 8.42. The molecular formula is C17H25N3O. The summed E-state index contributed by atoms with van der Waals surface area (Å²) in [6.07, 6.45) is 5.09. The lowest BCUT2D eigenvalue weighted by molar-refractivity contribution is 0.100. The molecule has 1 saturated heterocycles. The number of amides is 1. The van der Waals surface area contributed by atoms with Crippen molar-refractivity contribution in [2.45, 2.75) is 38.6 Å². The van der Waals surface area contributed by atoms with Gasteiger partial charge in [-0.25, -0.2) is 0 Å². The lowest BCUT2D eigenvalue weighted by Crippen LogP contribution is -2.39. The zero-order valence-corrected chi connectivity index (χ0v) is 12.8. The predicted molar refractivity (Wildman–Crippen MR) is 85.7 cm³/mol. The van der Waals surface area contributed by atoms with Gasteiger partial charge in [-0.2, -0.15) is 0 Å². The largest absolute Gasteiger partial charge is 0.369 e. The summed E-state index contributed by atoms with van der Waals surface area (Å²) in [5.74, 6) is 0.456. The van der Waals surface area contributed by atoms with Crippen LogP contribution in [0.1, 0.15) is 41.6 Å². The van der Waals surface area contributed by atoms with Gasteiger partial charge in [-0.05, 0) is 62.8 Å². The zero-order valence-electron chi connectivity index (χ0n) is 12.8. The fraction of sp³-hybridized carbons (Fsp3) is 0.588. The quantitative estimate of drug-likeness (QED) is 0.842. The van der Waals surface area contributed by atoms with Gasteiger partial charge < -0.3 is 16.0 Å². The highest BCUT2D eigenvalue weighted by Crippen LogP contribution is 2.33. The molecule has 2 aliphatic rings. The lowest BCUT2D eigenvalue weighted by atomic mass is 10.1. The fourth-order valence-corrected chi connectivity index (χ4v) is 3.17. The van der Waals surface area contributed by atoms with Gasteiger partial charge in [0.25, 0.3) is 5.91 Å². The highest BCUT2D eigenvalue weighted by atomic mass is 16.1. The molecule has 1 heterocycles. The molecular weight excluding hydrogens is 262 g/mol. The Labute approximate surface area is 126 Å². The summed E-state index contributed by atoms with van der Waals surface area (Å²) in [5, 5.41) is 3.56. The molecule has 4 heteroatoms. The molecule has 1 aromatic rings. The summed E-state index contributed by atoms with van der Waals surface area (Å²) in [6.45, 7) is 5.19. The van der Waals surface area contributed by atoms with E-state index in [1.165, 1.54) is 31.2 Å². The van der Waals surface area contributed by atoms with Crippen molar-refractivity contribution in [3.8, 4) is 0 Å². The van der Waals surface area contributed by atoms with Crippen molar-refractivity contribution in [2.75, 3.05) is 24.5 Å². The highest BCUT2D eigenvalue weighted by molar-refractivity contribution is 5.98. The third kappa shape index (κ3) is 3.56. The number of hydrogen-bond acceptors (Lipinski definition) is 3. The molecule has 0 bridgehead atoms. The van der Waals surface area contributed by atoms with Gasteiger partial charge in [-0.3, -0.25) is 4.79 Å². The molecule has 3 N–H and O–H groups in total. The van der Waals surface area contributed by atoms with E-state index in [0.29, 0.717) is 11.6 Å². The number of hydrogen-bond donors (Lipinski definition) is 2. The number of nitrogens with two attached hydrogens (primary N) is 1. The van der Waals surface area contributed by atoms with Crippen LogP contribution in [0.5, 0.6) is 0 Å². The molecule has 1 saturated carbocycles. The second-order valence-electron chi connectivity index (χ2n) is 6.53. The molecule has 1 aliphatic heterocycles. The van der Waals surface area contributed by atoms with Crippen LogP contribution in [0.4, 0.5) is 5.69 Å². The molecule has 4 nitrogen and oxygen atoms in total. The summed E-state index contributed by atoms with van der Waals surface area (Å²) < 4.78 is 0. The van der Waals surface area contributed by atoms with Gasteiger partial charge in [-0.1, -0.05) is 6.07 Å². The average Bonchev–Trinajstić information content (AvgIpc) is 3.11. The smallest absolute Gasteiger partial charge is 0.250 e. The van der Waals surface area contributed by atoms with E-state index in [0.717, 1.165) is 31.2 Å².